The molecule has 0 saturated heterocycles. The fraction of sp³-hybridized carbons (Fsp3) is 0.909. The zero-order valence-corrected chi connectivity index (χ0v) is 10.6. The first-order valence-corrected chi connectivity index (χ1v) is 5.44. The van der Waals surface area contributed by atoms with Crippen molar-refractivity contribution in [3.8, 4) is 0 Å². The van der Waals surface area contributed by atoms with Crippen molar-refractivity contribution >= 4 is 5.97 Å². The Morgan fingerprint density at radius 2 is 2.06 bits per heavy atom. The average molecular weight is 233 g/mol. The average Bonchev–Trinajstić information content (AvgIpc) is 2.10. The van der Waals surface area contributed by atoms with Crippen molar-refractivity contribution in [1.29, 1.82) is 0 Å². The summed E-state index contributed by atoms with van der Waals surface area (Å²) in [5.74, 6) is -0.284. The van der Waals surface area contributed by atoms with E-state index in [9.17, 15) is 9.90 Å². The van der Waals surface area contributed by atoms with Crippen molar-refractivity contribution in [2.45, 2.75) is 38.9 Å². The van der Waals surface area contributed by atoms with Crippen molar-refractivity contribution in [2.75, 3.05) is 26.8 Å². The van der Waals surface area contributed by atoms with Crippen LogP contribution >= 0.6 is 0 Å². The molecule has 96 valence electrons. The predicted octanol–water partition coefficient (Wildman–Crippen LogP) is 0.315. The number of aliphatic hydroxyl groups is 1. The lowest BCUT2D eigenvalue weighted by molar-refractivity contribution is -0.153. The Labute approximate surface area is 97.1 Å². The maximum Gasteiger partial charge on any atom is 0.320 e. The second-order valence-corrected chi connectivity index (χ2v) is 4.66. The van der Waals surface area contributed by atoms with Crippen LogP contribution in [0.3, 0.4) is 0 Å². The number of methoxy groups -OCH3 is 1. The highest BCUT2D eigenvalue weighted by atomic mass is 16.6. The zero-order chi connectivity index (χ0) is 12.6. The molecule has 16 heavy (non-hydrogen) atoms. The van der Waals surface area contributed by atoms with E-state index in [1.807, 2.05) is 20.8 Å². The van der Waals surface area contributed by atoms with Crippen LogP contribution in [0.5, 0.6) is 0 Å². The Bertz CT molecular complexity index is 201. The van der Waals surface area contributed by atoms with Gasteiger partial charge >= 0.3 is 5.97 Å². The minimum absolute atomic E-state index is 0.164. The van der Waals surface area contributed by atoms with Gasteiger partial charge in [-0.2, -0.15) is 0 Å². The molecule has 1 unspecified atom stereocenters. The van der Waals surface area contributed by atoms with Crippen LogP contribution in [0.1, 0.15) is 27.2 Å². The third-order valence-corrected chi connectivity index (χ3v) is 1.70. The Hall–Kier alpha value is -0.650. The van der Waals surface area contributed by atoms with Crippen LogP contribution in [-0.2, 0) is 14.3 Å². The normalized spacial score (nSPS) is 13.6. The van der Waals surface area contributed by atoms with Crippen LogP contribution < -0.4 is 5.32 Å². The van der Waals surface area contributed by atoms with Gasteiger partial charge in [0.05, 0.1) is 19.3 Å². The largest absolute Gasteiger partial charge is 0.459 e. The molecular formula is C11H23NO4. The molecular weight excluding hydrogens is 210 g/mol. The summed E-state index contributed by atoms with van der Waals surface area (Å²) in [4.78, 5) is 11.3. The Morgan fingerprint density at radius 1 is 1.44 bits per heavy atom. The molecule has 0 bridgehead atoms. The SMILES string of the molecule is COCC(O)CCNCC(=O)OC(C)(C)C. The van der Waals surface area contributed by atoms with E-state index in [-0.39, 0.29) is 12.5 Å². The first kappa shape index (κ1) is 15.3. The first-order chi connectivity index (χ1) is 7.35. The Kier molecular flexibility index (Phi) is 7.29. The third kappa shape index (κ3) is 9.89. The maximum atomic E-state index is 11.3. The number of hydrogen-bond acceptors (Lipinski definition) is 5. The molecule has 0 saturated carbocycles. The molecule has 0 heterocycles. The second kappa shape index (κ2) is 7.60. The summed E-state index contributed by atoms with van der Waals surface area (Å²) in [6.45, 7) is 6.52. The summed E-state index contributed by atoms with van der Waals surface area (Å²) in [6, 6.07) is 0. The van der Waals surface area contributed by atoms with E-state index in [1.165, 1.54) is 7.11 Å². The lowest BCUT2D eigenvalue weighted by atomic mass is 10.2. The molecule has 5 heteroatoms. The maximum absolute atomic E-state index is 11.3. The molecule has 0 fully saturated rings. The Morgan fingerprint density at radius 3 is 2.56 bits per heavy atom. The Balaban J connectivity index is 3.48. The number of esters is 1. The first-order valence-electron chi connectivity index (χ1n) is 5.44. The van der Waals surface area contributed by atoms with E-state index in [0.717, 1.165) is 0 Å². The summed E-state index contributed by atoms with van der Waals surface area (Å²) in [6.07, 6.45) is 0.0625. The lowest BCUT2D eigenvalue weighted by Gasteiger charge is -2.19. The van der Waals surface area contributed by atoms with Gasteiger partial charge in [-0.05, 0) is 33.7 Å². The van der Waals surface area contributed by atoms with Crippen molar-refractivity contribution < 1.29 is 19.4 Å². The van der Waals surface area contributed by atoms with Gasteiger partial charge in [0, 0.05) is 7.11 Å². The molecule has 1 atom stereocenters. The van der Waals surface area contributed by atoms with Crippen LogP contribution in [0.2, 0.25) is 0 Å². The molecule has 0 aliphatic carbocycles. The van der Waals surface area contributed by atoms with Crippen LogP contribution in [0, 0.1) is 0 Å². The van der Waals surface area contributed by atoms with E-state index < -0.39 is 11.7 Å². The molecule has 0 aliphatic rings. The van der Waals surface area contributed by atoms with Crippen molar-refractivity contribution in [3.63, 3.8) is 0 Å². The number of rotatable bonds is 7. The second-order valence-electron chi connectivity index (χ2n) is 4.66. The molecule has 0 aromatic carbocycles. The van der Waals surface area contributed by atoms with Gasteiger partial charge in [-0.1, -0.05) is 0 Å². The van der Waals surface area contributed by atoms with Gasteiger partial charge in [-0.3, -0.25) is 4.79 Å². The highest BCUT2D eigenvalue weighted by Gasteiger charge is 2.15. The number of hydrogen-bond donors (Lipinski definition) is 2. The number of carbonyl (C=O) groups is 1. The predicted molar refractivity (Wildman–Crippen MR) is 61.2 cm³/mol. The molecule has 0 aromatic rings. The molecule has 0 rings (SSSR count). The monoisotopic (exact) mass is 233 g/mol. The van der Waals surface area contributed by atoms with E-state index in [1.54, 1.807) is 0 Å². The molecule has 0 radical (unpaired) electrons. The summed E-state index contributed by atoms with van der Waals surface area (Å²) >= 11 is 0. The van der Waals surface area contributed by atoms with Gasteiger partial charge < -0.3 is 19.9 Å². The van der Waals surface area contributed by atoms with E-state index >= 15 is 0 Å². The van der Waals surface area contributed by atoms with Crippen LogP contribution in [0.4, 0.5) is 0 Å². The fourth-order valence-electron chi connectivity index (χ4n) is 1.11. The molecule has 5 nitrogen and oxygen atoms in total. The van der Waals surface area contributed by atoms with E-state index in [0.29, 0.717) is 19.6 Å². The van der Waals surface area contributed by atoms with Gasteiger partial charge in [-0.15, -0.1) is 0 Å². The standard InChI is InChI=1S/C11H23NO4/c1-11(2,3)16-10(14)7-12-6-5-9(13)8-15-4/h9,12-13H,5-8H2,1-4H3. The highest BCUT2D eigenvalue weighted by Crippen LogP contribution is 2.06. The van der Waals surface area contributed by atoms with Crippen molar-refractivity contribution in [3.05, 3.63) is 0 Å². The van der Waals surface area contributed by atoms with Crippen molar-refractivity contribution in [2.24, 2.45) is 0 Å². The minimum Gasteiger partial charge on any atom is -0.459 e. The van der Waals surface area contributed by atoms with E-state index in [2.05, 4.69) is 5.32 Å². The third-order valence-electron chi connectivity index (χ3n) is 1.70. The smallest absolute Gasteiger partial charge is 0.320 e. The molecule has 0 amide bonds. The minimum atomic E-state index is -0.490. The summed E-state index contributed by atoms with van der Waals surface area (Å²) in [7, 11) is 1.54. The molecule has 2 N–H and O–H groups in total. The van der Waals surface area contributed by atoms with Crippen LogP contribution in [-0.4, -0.2) is 49.6 Å². The number of nitrogens with one attached hydrogen (secondary N) is 1. The highest BCUT2D eigenvalue weighted by molar-refractivity contribution is 5.72. The van der Waals surface area contributed by atoms with Gasteiger partial charge in [0.15, 0.2) is 0 Å². The topological polar surface area (TPSA) is 67.8 Å². The lowest BCUT2D eigenvalue weighted by Crippen LogP contribution is -2.33. The zero-order valence-electron chi connectivity index (χ0n) is 10.6. The number of ether oxygens (including phenoxy) is 2. The molecule has 0 aliphatic heterocycles. The number of carbonyl (C=O) groups excluding carboxylic acids is 1. The van der Waals surface area contributed by atoms with Crippen LogP contribution in [0.15, 0.2) is 0 Å². The summed E-state index contributed by atoms with van der Waals surface area (Å²) in [5.41, 5.74) is -0.450. The van der Waals surface area contributed by atoms with Gasteiger partial charge in [0.1, 0.15) is 5.60 Å². The van der Waals surface area contributed by atoms with Gasteiger partial charge in [-0.25, -0.2) is 0 Å². The summed E-state index contributed by atoms with van der Waals surface area (Å²) < 4.78 is 9.88. The van der Waals surface area contributed by atoms with E-state index in [4.69, 9.17) is 9.47 Å². The van der Waals surface area contributed by atoms with Crippen molar-refractivity contribution in [1.82, 2.24) is 5.32 Å². The van der Waals surface area contributed by atoms with Gasteiger partial charge in [0.2, 0.25) is 0 Å². The fourth-order valence-corrected chi connectivity index (χ4v) is 1.11. The summed E-state index contributed by atoms with van der Waals surface area (Å²) in [5, 5.41) is 12.2. The molecule has 0 spiro atoms. The van der Waals surface area contributed by atoms with Crippen LogP contribution in [0.25, 0.3) is 0 Å². The quantitative estimate of drug-likeness (QED) is 0.489. The van der Waals surface area contributed by atoms with Gasteiger partial charge in [0.25, 0.3) is 0 Å². The molecule has 0 aromatic heterocycles. The number of aliphatic hydroxyl groups excluding tert-OH is 1.